The average molecular weight is 392 g/mol. The highest BCUT2D eigenvalue weighted by Gasteiger charge is 2.57. The molecule has 0 aromatic rings. The molecule has 2 rings (SSSR count). The van der Waals surface area contributed by atoms with E-state index in [0.29, 0.717) is 18.6 Å². The topological polar surface area (TPSA) is 52.6 Å². The SMILES string of the molecule is CCOC(=O)/C(C)=C/CCC12CCCC(OC1=O)C2I. The normalized spacial score (nSPS) is 33.0. The van der Waals surface area contributed by atoms with Gasteiger partial charge in [-0.05, 0) is 46.0 Å². The number of esters is 2. The first-order valence-corrected chi connectivity index (χ1v) is 8.45. The molecule has 4 nitrogen and oxygen atoms in total. The number of rotatable bonds is 5. The zero-order valence-corrected chi connectivity index (χ0v) is 14.1. The van der Waals surface area contributed by atoms with Crippen molar-refractivity contribution < 1.29 is 19.1 Å². The minimum Gasteiger partial charge on any atom is -0.463 e. The van der Waals surface area contributed by atoms with Crippen molar-refractivity contribution in [3.05, 3.63) is 11.6 Å². The number of alkyl halides is 1. The van der Waals surface area contributed by atoms with E-state index >= 15 is 0 Å². The molecule has 3 unspecified atom stereocenters. The molecule has 0 N–H and O–H groups in total. The van der Waals surface area contributed by atoms with Crippen LogP contribution in [0.15, 0.2) is 11.6 Å². The highest BCUT2D eigenvalue weighted by atomic mass is 127. The van der Waals surface area contributed by atoms with E-state index in [0.717, 1.165) is 25.7 Å². The van der Waals surface area contributed by atoms with E-state index in [1.165, 1.54) is 0 Å². The molecule has 1 heterocycles. The Morgan fingerprint density at radius 2 is 2.35 bits per heavy atom. The average Bonchev–Trinajstić information content (AvgIpc) is 2.56. The Bertz CT molecular complexity index is 432. The summed E-state index contributed by atoms with van der Waals surface area (Å²) in [6, 6.07) is 0. The molecule has 0 aromatic carbocycles. The third-order valence-electron chi connectivity index (χ3n) is 4.27. The maximum Gasteiger partial charge on any atom is 0.333 e. The quantitative estimate of drug-likeness (QED) is 0.312. The van der Waals surface area contributed by atoms with Crippen molar-refractivity contribution in [1.82, 2.24) is 0 Å². The van der Waals surface area contributed by atoms with Gasteiger partial charge in [-0.15, -0.1) is 0 Å². The number of carbonyl (C=O) groups is 2. The molecule has 1 saturated carbocycles. The first-order chi connectivity index (χ1) is 9.51. The molecular weight excluding hydrogens is 371 g/mol. The number of allylic oxidation sites excluding steroid dienone is 1. The van der Waals surface area contributed by atoms with Crippen LogP contribution < -0.4 is 0 Å². The number of hydrogen-bond acceptors (Lipinski definition) is 4. The van der Waals surface area contributed by atoms with Crippen LogP contribution in [0.25, 0.3) is 0 Å². The van der Waals surface area contributed by atoms with Crippen LogP contribution in [-0.2, 0) is 19.1 Å². The van der Waals surface area contributed by atoms with Gasteiger partial charge in [-0.3, -0.25) is 4.79 Å². The fraction of sp³-hybridized carbons (Fsp3) is 0.733. The van der Waals surface area contributed by atoms with Crippen LogP contribution in [0.1, 0.15) is 46.0 Å². The summed E-state index contributed by atoms with van der Waals surface area (Å²) < 4.78 is 10.7. The molecule has 1 saturated heterocycles. The molecule has 1 aliphatic heterocycles. The van der Waals surface area contributed by atoms with Crippen molar-refractivity contribution in [2.75, 3.05) is 6.61 Å². The molecule has 5 heteroatoms. The lowest BCUT2D eigenvalue weighted by Gasteiger charge is -2.32. The summed E-state index contributed by atoms with van der Waals surface area (Å²) in [6.45, 7) is 3.94. The summed E-state index contributed by atoms with van der Waals surface area (Å²) in [5.74, 6) is -0.312. The smallest absolute Gasteiger partial charge is 0.333 e. The second-order valence-electron chi connectivity index (χ2n) is 5.54. The van der Waals surface area contributed by atoms with E-state index in [1.54, 1.807) is 13.8 Å². The monoisotopic (exact) mass is 392 g/mol. The Balaban J connectivity index is 1.98. The van der Waals surface area contributed by atoms with Crippen molar-refractivity contribution in [2.24, 2.45) is 5.41 Å². The molecule has 0 spiro atoms. The van der Waals surface area contributed by atoms with Gasteiger partial charge in [-0.25, -0.2) is 4.79 Å². The number of halogens is 1. The van der Waals surface area contributed by atoms with Crippen molar-refractivity contribution in [3.8, 4) is 0 Å². The standard InChI is InChI=1S/C15H21IO4/c1-3-19-13(17)10(2)6-4-8-15-9-5-7-11(12(15)16)20-14(15)18/h6,11-12H,3-5,7-9H2,1-2H3/b10-6+. The van der Waals surface area contributed by atoms with Gasteiger partial charge in [-0.1, -0.05) is 28.7 Å². The number of ether oxygens (including phenoxy) is 2. The van der Waals surface area contributed by atoms with Gasteiger partial charge >= 0.3 is 11.9 Å². The summed E-state index contributed by atoms with van der Waals surface area (Å²) in [6.07, 6.45) is 6.38. The van der Waals surface area contributed by atoms with Gasteiger partial charge in [0.15, 0.2) is 0 Å². The lowest BCUT2D eigenvalue weighted by molar-refractivity contribution is -0.148. The maximum absolute atomic E-state index is 12.2. The molecule has 112 valence electrons. The zero-order chi connectivity index (χ0) is 14.8. The predicted molar refractivity (Wildman–Crippen MR) is 83.6 cm³/mol. The number of fused-ring (bicyclic) bond motifs is 2. The first-order valence-electron chi connectivity index (χ1n) is 7.20. The lowest BCUT2D eigenvalue weighted by Crippen LogP contribution is -2.38. The summed E-state index contributed by atoms with van der Waals surface area (Å²) >= 11 is 2.36. The molecule has 1 aliphatic carbocycles. The number of hydrogen-bond donors (Lipinski definition) is 0. The molecular formula is C15H21IO4. The zero-order valence-electron chi connectivity index (χ0n) is 12.0. The first kappa shape index (κ1) is 15.8. The van der Waals surface area contributed by atoms with Crippen LogP contribution in [0, 0.1) is 5.41 Å². The molecule has 2 bridgehead atoms. The van der Waals surface area contributed by atoms with Crippen LogP contribution in [-0.4, -0.2) is 28.6 Å². The Hall–Kier alpha value is -0.590. The van der Waals surface area contributed by atoms with Gasteiger partial charge < -0.3 is 9.47 Å². The van der Waals surface area contributed by atoms with Crippen molar-refractivity contribution >= 4 is 34.5 Å². The van der Waals surface area contributed by atoms with E-state index in [1.807, 2.05) is 6.08 Å². The molecule has 0 amide bonds. The summed E-state index contributed by atoms with van der Waals surface area (Å²) in [5.41, 5.74) is 0.279. The largest absolute Gasteiger partial charge is 0.463 e. The van der Waals surface area contributed by atoms with Gasteiger partial charge in [-0.2, -0.15) is 0 Å². The summed E-state index contributed by atoms with van der Waals surface area (Å²) in [4.78, 5) is 23.7. The second-order valence-corrected chi connectivity index (χ2v) is 6.88. The molecule has 0 aromatic heterocycles. The molecule has 0 radical (unpaired) electrons. The molecule has 3 atom stereocenters. The molecule has 2 aliphatic rings. The highest BCUT2D eigenvalue weighted by molar-refractivity contribution is 14.1. The van der Waals surface area contributed by atoms with Crippen LogP contribution in [0.4, 0.5) is 0 Å². The van der Waals surface area contributed by atoms with E-state index in [9.17, 15) is 9.59 Å². The predicted octanol–water partition coefficient (Wildman–Crippen LogP) is 3.18. The minimum atomic E-state index is -0.338. The second kappa shape index (κ2) is 6.45. The van der Waals surface area contributed by atoms with Gasteiger partial charge in [0.2, 0.25) is 0 Å². The maximum atomic E-state index is 12.2. The highest BCUT2D eigenvalue weighted by Crippen LogP contribution is 2.51. The molecule has 2 fully saturated rings. The van der Waals surface area contributed by atoms with E-state index in [4.69, 9.17) is 9.47 Å². The molecule has 20 heavy (non-hydrogen) atoms. The fourth-order valence-electron chi connectivity index (χ4n) is 3.09. The van der Waals surface area contributed by atoms with Crippen molar-refractivity contribution in [1.29, 1.82) is 0 Å². The van der Waals surface area contributed by atoms with E-state index < -0.39 is 0 Å². The Morgan fingerprint density at radius 3 is 3.05 bits per heavy atom. The summed E-state index contributed by atoms with van der Waals surface area (Å²) in [7, 11) is 0. The van der Waals surface area contributed by atoms with E-state index in [2.05, 4.69) is 22.6 Å². The minimum absolute atomic E-state index is 0.0402. The van der Waals surface area contributed by atoms with Crippen LogP contribution in [0.3, 0.4) is 0 Å². The summed E-state index contributed by atoms with van der Waals surface area (Å²) in [5, 5.41) is 0. The number of carbonyl (C=O) groups excluding carboxylic acids is 2. The third-order valence-corrected chi connectivity index (χ3v) is 6.26. The van der Waals surface area contributed by atoms with E-state index in [-0.39, 0.29) is 27.4 Å². The Morgan fingerprint density at radius 1 is 1.60 bits per heavy atom. The Kier molecular flexibility index (Phi) is 5.09. The van der Waals surface area contributed by atoms with Gasteiger partial charge in [0.1, 0.15) is 6.10 Å². The van der Waals surface area contributed by atoms with Gasteiger partial charge in [0.05, 0.1) is 15.9 Å². The lowest BCUT2D eigenvalue weighted by atomic mass is 9.72. The third kappa shape index (κ3) is 2.87. The van der Waals surface area contributed by atoms with Gasteiger partial charge in [0, 0.05) is 5.57 Å². The van der Waals surface area contributed by atoms with Crippen molar-refractivity contribution in [3.63, 3.8) is 0 Å². The van der Waals surface area contributed by atoms with Crippen LogP contribution in [0.5, 0.6) is 0 Å². The van der Waals surface area contributed by atoms with Crippen LogP contribution in [0.2, 0.25) is 0 Å². The Labute approximate surface area is 133 Å². The van der Waals surface area contributed by atoms with Crippen LogP contribution >= 0.6 is 22.6 Å². The van der Waals surface area contributed by atoms with Crippen molar-refractivity contribution in [2.45, 2.75) is 56.0 Å². The fourth-order valence-corrected chi connectivity index (χ4v) is 4.47. The van der Waals surface area contributed by atoms with Gasteiger partial charge in [0.25, 0.3) is 0 Å².